The minimum atomic E-state index is -0.215. The van der Waals surface area contributed by atoms with Gasteiger partial charge in [0.1, 0.15) is 5.82 Å². The van der Waals surface area contributed by atoms with Crippen molar-refractivity contribution < 1.29 is 4.79 Å². The number of pyridine rings is 1. The van der Waals surface area contributed by atoms with Crippen molar-refractivity contribution >= 4 is 29.4 Å². The van der Waals surface area contributed by atoms with E-state index < -0.39 is 0 Å². The number of rotatable bonds is 3. The van der Waals surface area contributed by atoms with Gasteiger partial charge in [-0.15, -0.1) is 0 Å². The fourth-order valence-electron chi connectivity index (χ4n) is 1.52. The molecule has 1 heterocycles. The van der Waals surface area contributed by atoms with E-state index in [1.165, 1.54) is 6.08 Å². The first kappa shape index (κ1) is 13.3. The van der Waals surface area contributed by atoms with E-state index in [9.17, 15) is 4.79 Å². The number of hydrogen-bond acceptors (Lipinski definition) is 2. The van der Waals surface area contributed by atoms with Gasteiger partial charge in [0.15, 0.2) is 0 Å². The Morgan fingerprint density at radius 3 is 2.68 bits per heavy atom. The number of nitrogens with zero attached hydrogens (tertiary/aromatic N) is 1. The summed E-state index contributed by atoms with van der Waals surface area (Å²) in [5.74, 6) is 0.332. The number of anilines is 1. The third-order valence-corrected chi connectivity index (χ3v) is 2.72. The molecule has 0 saturated carbocycles. The first-order chi connectivity index (χ1) is 9.13. The molecule has 0 radical (unpaired) electrons. The van der Waals surface area contributed by atoms with Crippen molar-refractivity contribution in [1.29, 1.82) is 0 Å². The summed E-state index contributed by atoms with van der Waals surface area (Å²) in [6, 6.07) is 10.9. The summed E-state index contributed by atoms with van der Waals surface area (Å²) in [6.07, 6.45) is 4.85. The van der Waals surface area contributed by atoms with Crippen molar-refractivity contribution in [2.75, 3.05) is 5.32 Å². The molecule has 0 aliphatic carbocycles. The number of hydrogen-bond donors (Lipinski definition) is 1. The van der Waals surface area contributed by atoms with Gasteiger partial charge in [-0.2, -0.15) is 0 Å². The van der Waals surface area contributed by atoms with Gasteiger partial charge in [-0.25, -0.2) is 4.98 Å². The normalized spacial score (nSPS) is 10.6. The smallest absolute Gasteiger partial charge is 0.249 e. The fraction of sp³-hybridized carbons (Fsp3) is 0.0667. The number of nitrogens with one attached hydrogen (secondary N) is 1. The van der Waals surface area contributed by atoms with Crippen LogP contribution in [0.3, 0.4) is 0 Å². The van der Waals surface area contributed by atoms with E-state index in [0.717, 1.165) is 11.1 Å². The van der Waals surface area contributed by atoms with Crippen molar-refractivity contribution in [1.82, 2.24) is 4.98 Å². The Labute approximate surface area is 116 Å². The molecule has 2 rings (SSSR count). The van der Waals surface area contributed by atoms with Crippen LogP contribution >= 0.6 is 11.6 Å². The molecule has 0 saturated heterocycles. The average molecular weight is 273 g/mol. The molecule has 0 fully saturated rings. The van der Waals surface area contributed by atoms with Gasteiger partial charge in [-0.05, 0) is 48.4 Å². The highest BCUT2D eigenvalue weighted by Crippen LogP contribution is 2.11. The number of carbonyl (C=O) groups excluding carboxylic acids is 1. The number of benzene rings is 1. The molecule has 0 aliphatic rings. The lowest BCUT2D eigenvalue weighted by Gasteiger charge is -2.01. The first-order valence-electron chi connectivity index (χ1n) is 5.81. The first-order valence-corrected chi connectivity index (χ1v) is 6.18. The molecule has 0 aliphatic heterocycles. The van der Waals surface area contributed by atoms with E-state index in [2.05, 4.69) is 10.3 Å². The van der Waals surface area contributed by atoms with Crippen LogP contribution in [-0.2, 0) is 4.79 Å². The lowest BCUT2D eigenvalue weighted by Crippen LogP contribution is -2.09. The molecule has 0 bridgehead atoms. The zero-order valence-corrected chi connectivity index (χ0v) is 11.2. The average Bonchev–Trinajstić information content (AvgIpc) is 2.38. The Kier molecular flexibility index (Phi) is 4.31. The van der Waals surface area contributed by atoms with Gasteiger partial charge in [-0.1, -0.05) is 23.7 Å². The molecule has 1 amide bonds. The summed E-state index contributed by atoms with van der Waals surface area (Å²) >= 11 is 5.78. The van der Waals surface area contributed by atoms with E-state index in [1.54, 1.807) is 24.4 Å². The van der Waals surface area contributed by atoms with Gasteiger partial charge in [0.05, 0.1) is 0 Å². The molecule has 1 N–H and O–H groups in total. The van der Waals surface area contributed by atoms with Crippen LogP contribution in [-0.4, -0.2) is 10.9 Å². The molecule has 4 heteroatoms. The van der Waals surface area contributed by atoms with Crippen molar-refractivity contribution in [3.8, 4) is 0 Å². The highest BCUT2D eigenvalue weighted by atomic mass is 35.5. The second kappa shape index (κ2) is 6.16. The quantitative estimate of drug-likeness (QED) is 0.866. The Balaban J connectivity index is 1.99. The van der Waals surface area contributed by atoms with Gasteiger partial charge >= 0.3 is 0 Å². The lowest BCUT2D eigenvalue weighted by molar-refractivity contribution is -0.111. The van der Waals surface area contributed by atoms with Crippen LogP contribution in [0.1, 0.15) is 11.1 Å². The predicted molar refractivity (Wildman–Crippen MR) is 78.1 cm³/mol. The Hall–Kier alpha value is -2.13. The zero-order valence-electron chi connectivity index (χ0n) is 10.4. The summed E-state index contributed by atoms with van der Waals surface area (Å²) in [7, 11) is 0. The van der Waals surface area contributed by atoms with Crippen LogP contribution < -0.4 is 5.32 Å². The van der Waals surface area contributed by atoms with Crippen LogP contribution in [0.4, 0.5) is 5.82 Å². The van der Waals surface area contributed by atoms with Gasteiger partial charge < -0.3 is 5.32 Å². The second-order valence-corrected chi connectivity index (χ2v) is 4.53. The molecular weight excluding hydrogens is 260 g/mol. The van der Waals surface area contributed by atoms with Gasteiger partial charge in [-0.3, -0.25) is 4.79 Å². The molecule has 0 spiro atoms. The van der Waals surface area contributed by atoms with Crippen molar-refractivity contribution in [3.63, 3.8) is 0 Å². The van der Waals surface area contributed by atoms with Crippen LogP contribution in [0.15, 0.2) is 48.7 Å². The fourth-order valence-corrected chi connectivity index (χ4v) is 1.64. The van der Waals surface area contributed by atoms with Crippen molar-refractivity contribution in [2.45, 2.75) is 6.92 Å². The topological polar surface area (TPSA) is 42.0 Å². The SMILES string of the molecule is Cc1ccnc(NC(=O)/C=C/c2ccc(Cl)cc2)c1. The monoisotopic (exact) mass is 272 g/mol. The maximum Gasteiger partial charge on any atom is 0.249 e. The van der Waals surface area contributed by atoms with Crippen LogP contribution in [0.2, 0.25) is 5.02 Å². The molecule has 0 unspecified atom stereocenters. The third-order valence-electron chi connectivity index (χ3n) is 2.46. The Bertz CT molecular complexity index is 606. The van der Waals surface area contributed by atoms with Gasteiger partial charge in [0.25, 0.3) is 0 Å². The summed E-state index contributed by atoms with van der Waals surface area (Å²) in [4.78, 5) is 15.8. The van der Waals surface area contributed by atoms with E-state index in [0.29, 0.717) is 10.8 Å². The van der Waals surface area contributed by atoms with Gasteiger partial charge in [0, 0.05) is 17.3 Å². The number of amides is 1. The van der Waals surface area contributed by atoms with E-state index in [4.69, 9.17) is 11.6 Å². The molecule has 96 valence electrons. The number of aromatic nitrogens is 1. The molecule has 3 nitrogen and oxygen atoms in total. The third kappa shape index (κ3) is 4.23. The van der Waals surface area contributed by atoms with Crippen molar-refractivity contribution in [2.24, 2.45) is 0 Å². The molecule has 0 atom stereocenters. The van der Waals surface area contributed by atoms with Crippen molar-refractivity contribution in [3.05, 3.63) is 64.8 Å². The van der Waals surface area contributed by atoms with Crippen LogP contribution in [0, 0.1) is 6.92 Å². The number of halogens is 1. The zero-order chi connectivity index (χ0) is 13.7. The Morgan fingerprint density at radius 1 is 1.26 bits per heavy atom. The maximum atomic E-state index is 11.7. The molecule has 1 aromatic carbocycles. The Morgan fingerprint density at radius 2 is 2.00 bits per heavy atom. The van der Waals surface area contributed by atoms with E-state index in [-0.39, 0.29) is 5.91 Å². The lowest BCUT2D eigenvalue weighted by atomic mass is 10.2. The second-order valence-electron chi connectivity index (χ2n) is 4.09. The summed E-state index contributed by atoms with van der Waals surface area (Å²) in [5, 5.41) is 3.37. The predicted octanol–water partition coefficient (Wildman–Crippen LogP) is 3.70. The molecule has 19 heavy (non-hydrogen) atoms. The largest absolute Gasteiger partial charge is 0.307 e. The molecular formula is C15H13ClN2O. The number of aryl methyl sites for hydroxylation is 1. The number of carbonyl (C=O) groups is 1. The van der Waals surface area contributed by atoms with E-state index >= 15 is 0 Å². The minimum absolute atomic E-state index is 0.215. The molecule has 1 aromatic heterocycles. The maximum absolute atomic E-state index is 11.7. The summed E-state index contributed by atoms with van der Waals surface area (Å²) in [5.41, 5.74) is 1.96. The highest BCUT2D eigenvalue weighted by Gasteiger charge is 1.99. The van der Waals surface area contributed by atoms with E-state index in [1.807, 2.05) is 31.2 Å². The summed E-state index contributed by atoms with van der Waals surface area (Å²) < 4.78 is 0. The van der Waals surface area contributed by atoms with Crippen LogP contribution in [0.25, 0.3) is 6.08 Å². The van der Waals surface area contributed by atoms with Crippen LogP contribution in [0.5, 0.6) is 0 Å². The highest BCUT2D eigenvalue weighted by molar-refractivity contribution is 6.30. The molecule has 2 aromatic rings. The standard InChI is InChI=1S/C15H13ClN2O/c1-11-8-9-17-14(10-11)18-15(19)7-4-12-2-5-13(16)6-3-12/h2-10H,1H3,(H,17,18,19)/b7-4+. The minimum Gasteiger partial charge on any atom is -0.307 e. The van der Waals surface area contributed by atoms with Gasteiger partial charge in [0.2, 0.25) is 5.91 Å². The summed E-state index contributed by atoms with van der Waals surface area (Å²) in [6.45, 7) is 1.95.